The van der Waals surface area contributed by atoms with Crippen LogP contribution in [0.15, 0.2) is 36.7 Å². The molecule has 1 unspecified atom stereocenters. The number of fused-ring (bicyclic) bond motifs is 1. The van der Waals surface area contributed by atoms with E-state index in [1.165, 1.54) is 5.56 Å². The second-order valence-electron chi connectivity index (χ2n) is 6.10. The van der Waals surface area contributed by atoms with Crippen molar-refractivity contribution in [2.24, 2.45) is 0 Å². The van der Waals surface area contributed by atoms with E-state index in [-0.39, 0.29) is 0 Å². The third-order valence-corrected chi connectivity index (χ3v) is 4.74. The lowest BCUT2D eigenvalue weighted by Gasteiger charge is -2.20. The van der Waals surface area contributed by atoms with E-state index in [2.05, 4.69) is 45.1 Å². The molecule has 1 aromatic carbocycles. The zero-order chi connectivity index (χ0) is 16.5. The van der Waals surface area contributed by atoms with Gasteiger partial charge in [0.05, 0.1) is 7.11 Å². The van der Waals surface area contributed by atoms with E-state index in [0.717, 1.165) is 43.2 Å². The summed E-state index contributed by atoms with van der Waals surface area (Å²) in [4.78, 5) is 11.2. The van der Waals surface area contributed by atoms with Crippen LogP contribution in [0.4, 0.5) is 5.82 Å². The molecule has 1 saturated heterocycles. The Morgan fingerprint density at radius 2 is 2.17 bits per heavy atom. The van der Waals surface area contributed by atoms with Crippen LogP contribution in [0.5, 0.6) is 5.75 Å². The molecule has 0 saturated carbocycles. The van der Waals surface area contributed by atoms with Gasteiger partial charge in [0.2, 0.25) is 0 Å². The van der Waals surface area contributed by atoms with Crippen molar-refractivity contribution in [2.75, 3.05) is 25.1 Å². The van der Waals surface area contributed by atoms with Gasteiger partial charge in [0, 0.05) is 30.8 Å². The monoisotopic (exact) mass is 323 g/mol. The quantitative estimate of drug-likeness (QED) is 0.739. The highest BCUT2D eigenvalue weighted by atomic mass is 16.5. The van der Waals surface area contributed by atoms with Gasteiger partial charge in [-0.25, -0.2) is 4.98 Å². The van der Waals surface area contributed by atoms with E-state index in [1.807, 2.05) is 16.6 Å². The van der Waals surface area contributed by atoms with E-state index >= 15 is 0 Å². The number of aromatic nitrogens is 4. The second-order valence-corrected chi connectivity index (χ2v) is 6.10. The maximum absolute atomic E-state index is 5.54. The average Bonchev–Trinajstić information content (AvgIpc) is 3.30. The van der Waals surface area contributed by atoms with Gasteiger partial charge >= 0.3 is 0 Å². The Bertz CT molecular complexity index is 859. The van der Waals surface area contributed by atoms with E-state index in [4.69, 9.17) is 4.74 Å². The fraction of sp³-hybridized carbons (Fsp3) is 0.389. The van der Waals surface area contributed by atoms with Crippen LogP contribution in [0.2, 0.25) is 0 Å². The minimum Gasteiger partial charge on any atom is -0.496 e. The number of hydrogen-bond acceptors (Lipinski definition) is 5. The highest BCUT2D eigenvalue weighted by Gasteiger charge is 2.28. The molecule has 0 aliphatic carbocycles. The molecule has 1 aliphatic heterocycles. The molecule has 124 valence electrons. The Balaban J connectivity index is 1.67. The summed E-state index contributed by atoms with van der Waals surface area (Å²) >= 11 is 0. The molecule has 0 amide bonds. The number of para-hydroxylation sites is 1. The number of aryl methyl sites for hydroxylation is 1. The summed E-state index contributed by atoms with van der Waals surface area (Å²) in [6, 6.07) is 10.4. The van der Waals surface area contributed by atoms with Crippen LogP contribution in [0, 0.1) is 0 Å². The summed E-state index contributed by atoms with van der Waals surface area (Å²) in [6.45, 7) is 4.05. The molecule has 0 spiro atoms. The molecule has 0 bridgehead atoms. The minimum absolute atomic E-state index is 0.456. The van der Waals surface area contributed by atoms with Gasteiger partial charge in [-0.3, -0.25) is 0 Å². The van der Waals surface area contributed by atoms with Crippen molar-refractivity contribution in [3.8, 4) is 5.75 Å². The van der Waals surface area contributed by atoms with Crippen molar-refractivity contribution in [3.63, 3.8) is 0 Å². The first kappa shape index (κ1) is 14.9. The molecule has 1 aliphatic rings. The zero-order valence-electron chi connectivity index (χ0n) is 14.0. The summed E-state index contributed by atoms with van der Waals surface area (Å²) in [5, 5.41) is 4.35. The van der Waals surface area contributed by atoms with Gasteiger partial charge in [0.1, 0.15) is 17.9 Å². The highest BCUT2D eigenvalue weighted by Crippen LogP contribution is 2.35. The molecule has 0 radical (unpaired) electrons. The average molecular weight is 323 g/mol. The van der Waals surface area contributed by atoms with Gasteiger partial charge in [0.25, 0.3) is 5.78 Å². The number of ether oxygens (including phenoxy) is 1. The first-order valence-electron chi connectivity index (χ1n) is 8.37. The molecule has 3 heterocycles. The van der Waals surface area contributed by atoms with Crippen LogP contribution in [-0.2, 0) is 6.42 Å². The molecule has 0 N–H and O–H groups in total. The number of nitrogens with zero attached hydrogens (tertiary/aromatic N) is 5. The number of rotatable bonds is 4. The first-order chi connectivity index (χ1) is 11.8. The van der Waals surface area contributed by atoms with Crippen LogP contribution in [0.25, 0.3) is 5.78 Å². The summed E-state index contributed by atoms with van der Waals surface area (Å²) in [7, 11) is 1.74. The van der Waals surface area contributed by atoms with Gasteiger partial charge < -0.3 is 9.64 Å². The summed E-state index contributed by atoms with van der Waals surface area (Å²) in [6.07, 6.45) is 3.56. The normalized spacial score (nSPS) is 17.6. The van der Waals surface area contributed by atoms with Crippen molar-refractivity contribution >= 4 is 11.6 Å². The predicted molar refractivity (Wildman–Crippen MR) is 92.7 cm³/mol. The summed E-state index contributed by atoms with van der Waals surface area (Å²) in [5.74, 6) is 3.18. The van der Waals surface area contributed by atoms with E-state index in [9.17, 15) is 0 Å². The standard InChI is InChI=1S/C18H21N5O/c1-3-14-10-17(23-18(21-14)19-12-20-23)22-9-8-13(11-22)15-6-4-5-7-16(15)24-2/h4-7,10,12-13H,3,8-9,11H2,1-2H3. The van der Waals surface area contributed by atoms with E-state index in [1.54, 1.807) is 13.4 Å². The SMILES string of the molecule is CCc1cc(N2CCC(c3ccccc3OC)C2)n2ncnc2n1. The predicted octanol–water partition coefficient (Wildman–Crippen LogP) is 2.69. The van der Waals surface area contributed by atoms with E-state index < -0.39 is 0 Å². The largest absolute Gasteiger partial charge is 0.496 e. The number of hydrogen-bond donors (Lipinski definition) is 0. The van der Waals surface area contributed by atoms with Crippen LogP contribution in [-0.4, -0.2) is 39.8 Å². The number of benzene rings is 1. The first-order valence-corrected chi connectivity index (χ1v) is 8.37. The molecule has 2 aromatic heterocycles. The van der Waals surface area contributed by atoms with Crippen LogP contribution in [0.1, 0.15) is 30.5 Å². The number of methoxy groups -OCH3 is 1. The Morgan fingerprint density at radius 1 is 1.29 bits per heavy atom. The molecular formula is C18H21N5O. The van der Waals surface area contributed by atoms with Crippen molar-refractivity contribution < 1.29 is 4.74 Å². The van der Waals surface area contributed by atoms with Gasteiger partial charge in [-0.1, -0.05) is 25.1 Å². The van der Waals surface area contributed by atoms with Crippen molar-refractivity contribution in [2.45, 2.75) is 25.7 Å². The fourth-order valence-corrected chi connectivity index (χ4v) is 3.48. The Kier molecular flexibility index (Phi) is 3.80. The minimum atomic E-state index is 0.456. The van der Waals surface area contributed by atoms with Crippen LogP contribution < -0.4 is 9.64 Å². The Morgan fingerprint density at radius 3 is 3.00 bits per heavy atom. The zero-order valence-corrected chi connectivity index (χ0v) is 14.0. The lowest BCUT2D eigenvalue weighted by atomic mass is 9.97. The Labute approximate surface area is 141 Å². The lowest BCUT2D eigenvalue weighted by molar-refractivity contribution is 0.406. The van der Waals surface area contributed by atoms with Gasteiger partial charge in [-0.15, -0.1) is 0 Å². The summed E-state index contributed by atoms with van der Waals surface area (Å²) < 4.78 is 7.37. The second kappa shape index (κ2) is 6.11. The molecule has 4 rings (SSSR count). The van der Waals surface area contributed by atoms with Crippen molar-refractivity contribution in [1.82, 2.24) is 19.6 Å². The van der Waals surface area contributed by atoms with Crippen molar-refractivity contribution in [1.29, 1.82) is 0 Å². The number of anilines is 1. The molecule has 1 atom stereocenters. The maximum atomic E-state index is 5.54. The molecule has 6 heteroatoms. The van der Waals surface area contributed by atoms with E-state index in [0.29, 0.717) is 11.7 Å². The molecular weight excluding hydrogens is 302 g/mol. The summed E-state index contributed by atoms with van der Waals surface area (Å²) in [5.41, 5.74) is 2.33. The third kappa shape index (κ3) is 2.48. The van der Waals surface area contributed by atoms with Crippen molar-refractivity contribution in [3.05, 3.63) is 47.9 Å². The molecule has 1 fully saturated rings. The van der Waals surface area contributed by atoms with Crippen LogP contribution >= 0.6 is 0 Å². The van der Waals surface area contributed by atoms with Gasteiger partial charge in [-0.2, -0.15) is 14.6 Å². The third-order valence-electron chi connectivity index (χ3n) is 4.74. The van der Waals surface area contributed by atoms with Crippen LogP contribution in [0.3, 0.4) is 0 Å². The molecule has 3 aromatic rings. The Hall–Kier alpha value is -2.63. The fourth-order valence-electron chi connectivity index (χ4n) is 3.48. The maximum Gasteiger partial charge on any atom is 0.254 e. The smallest absolute Gasteiger partial charge is 0.254 e. The van der Waals surface area contributed by atoms with Gasteiger partial charge in [-0.05, 0) is 24.5 Å². The molecule has 24 heavy (non-hydrogen) atoms. The van der Waals surface area contributed by atoms with Gasteiger partial charge in [0.15, 0.2) is 0 Å². The topological polar surface area (TPSA) is 55.6 Å². The molecule has 6 nitrogen and oxygen atoms in total. The lowest BCUT2D eigenvalue weighted by Crippen LogP contribution is -2.23. The highest BCUT2D eigenvalue weighted by molar-refractivity contribution is 5.50.